The number of hydrogen-bond acceptors (Lipinski definition) is 4. The van der Waals surface area contributed by atoms with Gasteiger partial charge in [0.05, 0.1) is 0 Å². The molecule has 0 bridgehead atoms. The molecule has 2 N–H and O–H groups in total. The first-order valence-corrected chi connectivity index (χ1v) is 6.17. The van der Waals surface area contributed by atoms with Crippen LogP contribution in [0.2, 0.25) is 0 Å². The number of amides is 1. The van der Waals surface area contributed by atoms with Crippen LogP contribution in [0.1, 0.15) is 12.0 Å². The number of benzene rings is 1. The summed E-state index contributed by atoms with van der Waals surface area (Å²) >= 11 is 0. The smallest absolute Gasteiger partial charge is 0.265 e. The van der Waals surface area contributed by atoms with Gasteiger partial charge in [-0.3, -0.25) is 4.79 Å². The van der Waals surface area contributed by atoms with Crippen LogP contribution in [0.15, 0.2) is 18.2 Å². The lowest BCUT2D eigenvalue weighted by Crippen LogP contribution is -2.35. The van der Waals surface area contributed by atoms with Gasteiger partial charge in [-0.2, -0.15) is 0 Å². The number of aliphatic hydroxyl groups is 1. The zero-order chi connectivity index (χ0) is 14.5. The van der Waals surface area contributed by atoms with E-state index in [9.17, 15) is 13.6 Å². The number of alkyl halides is 2. The molecule has 0 radical (unpaired) electrons. The second-order valence-corrected chi connectivity index (χ2v) is 4.39. The van der Waals surface area contributed by atoms with Gasteiger partial charge in [0.1, 0.15) is 6.10 Å². The topological polar surface area (TPSA) is 67.8 Å². The van der Waals surface area contributed by atoms with Crippen molar-refractivity contribution in [2.24, 2.45) is 0 Å². The highest BCUT2D eigenvalue weighted by Crippen LogP contribution is 2.32. The number of halogens is 2. The summed E-state index contributed by atoms with van der Waals surface area (Å²) in [4.78, 5) is 11.5. The molecule has 1 atom stereocenters. The van der Waals surface area contributed by atoms with E-state index in [-0.39, 0.29) is 19.1 Å². The van der Waals surface area contributed by atoms with Crippen molar-refractivity contribution in [1.82, 2.24) is 5.32 Å². The third kappa shape index (κ3) is 3.80. The molecule has 1 unspecified atom stereocenters. The van der Waals surface area contributed by atoms with Crippen molar-refractivity contribution in [3.05, 3.63) is 23.8 Å². The minimum Gasteiger partial charge on any atom is -0.454 e. The number of ether oxygens (including phenoxy) is 2. The van der Waals surface area contributed by atoms with Gasteiger partial charge < -0.3 is 19.9 Å². The summed E-state index contributed by atoms with van der Waals surface area (Å²) in [5.41, 5.74) is 0.888. The molecule has 1 aromatic rings. The van der Waals surface area contributed by atoms with Crippen LogP contribution in [-0.4, -0.2) is 36.9 Å². The highest BCUT2D eigenvalue weighted by Gasteiger charge is 2.17. The van der Waals surface area contributed by atoms with Gasteiger partial charge in [0.2, 0.25) is 12.7 Å². The Bertz CT molecular complexity index is 481. The number of carbonyl (C=O) groups is 1. The van der Waals surface area contributed by atoms with Crippen molar-refractivity contribution in [2.75, 3.05) is 13.3 Å². The van der Waals surface area contributed by atoms with Crippen molar-refractivity contribution in [3.63, 3.8) is 0 Å². The van der Waals surface area contributed by atoms with Crippen molar-refractivity contribution < 1.29 is 28.2 Å². The molecule has 0 saturated carbocycles. The first kappa shape index (κ1) is 14.5. The zero-order valence-corrected chi connectivity index (χ0v) is 10.6. The molecule has 0 saturated heterocycles. The van der Waals surface area contributed by atoms with Crippen LogP contribution in [0.3, 0.4) is 0 Å². The normalized spacial score (nSPS) is 14.4. The Hall–Kier alpha value is -1.89. The Morgan fingerprint density at radius 1 is 1.35 bits per heavy atom. The number of rotatable bonds is 6. The van der Waals surface area contributed by atoms with Crippen LogP contribution < -0.4 is 14.8 Å². The lowest BCUT2D eigenvalue weighted by Gasteiger charge is -2.10. The Balaban J connectivity index is 1.76. The molecule has 0 aromatic heterocycles. The first-order valence-electron chi connectivity index (χ1n) is 6.17. The zero-order valence-electron chi connectivity index (χ0n) is 10.6. The van der Waals surface area contributed by atoms with Gasteiger partial charge in [-0.1, -0.05) is 6.07 Å². The van der Waals surface area contributed by atoms with Crippen LogP contribution in [0, 0.1) is 0 Å². The van der Waals surface area contributed by atoms with Gasteiger partial charge in [0, 0.05) is 13.0 Å². The predicted molar refractivity (Wildman–Crippen MR) is 65.9 cm³/mol. The van der Waals surface area contributed by atoms with Crippen LogP contribution in [-0.2, 0) is 11.2 Å². The molecule has 2 rings (SSSR count). The van der Waals surface area contributed by atoms with Crippen LogP contribution in [0.4, 0.5) is 8.78 Å². The van der Waals surface area contributed by atoms with E-state index in [2.05, 4.69) is 5.32 Å². The summed E-state index contributed by atoms with van der Waals surface area (Å²) in [6, 6.07) is 5.36. The number of aliphatic hydroxyl groups excluding tert-OH is 1. The summed E-state index contributed by atoms with van der Waals surface area (Å²) in [5, 5.41) is 11.1. The second kappa shape index (κ2) is 6.51. The fourth-order valence-corrected chi connectivity index (χ4v) is 1.75. The van der Waals surface area contributed by atoms with E-state index in [4.69, 9.17) is 14.6 Å². The maximum Gasteiger partial charge on any atom is 0.265 e. The van der Waals surface area contributed by atoms with E-state index in [0.717, 1.165) is 5.56 Å². The van der Waals surface area contributed by atoms with E-state index in [1.807, 2.05) is 6.07 Å². The van der Waals surface area contributed by atoms with E-state index < -0.39 is 19.1 Å². The molecule has 110 valence electrons. The molecule has 1 amide bonds. The number of nitrogens with one attached hydrogen (secondary N) is 1. The molecule has 5 nitrogen and oxygen atoms in total. The Morgan fingerprint density at radius 2 is 2.10 bits per heavy atom. The maximum absolute atomic E-state index is 12.0. The molecular formula is C13H15F2NO4. The molecule has 0 spiro atoms. The third-order valence-corrected chi connectivity index (χ3v) is 2.88. The van der Waals surface area contributed by atoms with Crippen LogP contribution in [0.25, 0.3) is 0 Å². The van der Waals surface area contributed by atoms with Gasteiger partial charge >= 0.3 is 0 Å². The Labute approximate surface area is 114 Å². The quantitative estimate of drug-likeness (QED) is 0.822. The van der Waals surface area contributed by atoms with Crippen molar-refractivity contribution in [1.29, 1.82) is 0 Å². The monoisotopic (exact) mass is 287 g/mol. The van der Waals surface area contributed by atoms with Crippen molar-refractivity contribution in [2.45, 2.75) is 25.4 Å². The first-order chi connectivity index (χ1) is 9.56. The number of hydrogen-bond donors (Lipinski definition) is 2. The Morgan fingerprint density at radius 3 is 2.85 bits per heavy atom. The van der Waals surface area contributed by atoms with Gasteiger partial charge in [-0.25, -0.2) is 8.78 Å². The standard InChI is InChI=1S/C13H15F2NO4/c14-13(15)9(17)6-16-12(18)4-2-8-1-3-10-11(5-8)20-7-19-10/h1,3,5,9,13,17H,2,4,6-7H2,(H,16,18). The number of aryl methyl sites for hydroxylation is 1. The van der Waals surface area contributed by atoms with Gasteiger partial charge in [-0.15, -0.1) is 0 Å². The molecule has 1 aliphatic heterocycles. The summed E-state index contributed by atoms with van der Waals surface area (Å²) in [6.07, 6.45) is -4.09. The summed E-state index contributed by atoms with van der Waals surface area (Å²) < 4.78 is 34.4. The fraction of sp³-hybridized carbons (Fsp3) is 0.462. The molecule has 0 fully saturated rings. The van der Waals surface area contributed by atoms with Gasteiger partial charge in [-0.05, 0) is 24.1 Å². The summed E-state index contributed by atoms with van der Waals surface area (Å²) in [6.45, 7) is -0.261. The average Bonchev–Trinajstić information content (AvgIpc) is 2.89. The van der Waals surface area contributed by atoms with Gasteiger partial charge in [0.15, 0.2) is 11.5 Å². The average molecular weight is 287 g/mol. The predicted octanol–water partition coefficient (Wildman–Crippen LogP) is 1.09. The van der Waals surface area contributed by atoms with E-state index in [1.165, 1.54) is 0 Å². The minimum absolute atomic E-state index is 0.148. The molecule has 7 heteroatoms. The summed E-state index contributed by atoms with van der Waals surface area (Å²) in [7, 11) is 0. The highest BCUT2D eigenvalue weighted by molar-refractivity contribution is 5.76. The molecule has 0 aliphatic carbocycles. The van der Waals surface area contributed by atoms with E-state index in [0.29, 0.717) is 17.9 Å². The number of fused-ring (bicyclic) bond motifs is 1. The van der Waals surface area contributed by atoms with Crippen LogP contribution >= 0.6 is 0 Å². The fourth-order valence-electron chi connectivity index (χ4n) is 1.75. The lowest BCUT2D eigenvalue weighted by atomic mass is 10.1. The molecule has 1 aromatic carbocycles. The second-order valence-electron chi connectivity index (χ2n) is 4.39. The maximum atomic E-state index is 12.0. The van der Waals surface area contributed by atoms with E-state index in [1.54, 1.807) is 12.1 Å². The summed E-state index contributed by atoms with van der Waals surface area (Å²) in [5.74, 6) is 0.914. The van der Waals surface area contributed by atoms with Crippen molar-refractivity contribution in [3.8, 4) is 11.5 Å². The minimum atomic E-state index is -2.86. The molecule has 1 aliphatic rings. The van der Waals surface area contributed by atoms with E-state index >= 15 is 0 Å². The Kier molecular flexibility index (Phi) is 4.73. The molecule has 20 heavy (non-hydrogen) atoms. The lowest BCUT2D eigenvalue weighted by molar-refractivity contribution is -0.122. The van der Waals surface area contributed by atoms with Crippen LogP contribution in [0.5, 0.6) is 11.5 Å². The SMILES string of the molecule is O=C(CCc1ccc2c(c1)OCO2)NCC(O)C(F)F. The number of carbonyl (C=O) groups excluding carboxylic acids is 1. The highest BCUT2D eigenvalue weighted by atomic mass is 19.3. The molecular weight excluding hydrogens is 272 g/mol. The largest absolute Gasteiger partial charge is 0.454 e. The van der Waals surface area contributed by atoms with Gasteiger partial charge in [0.25, 0.3) is 6.43 Å². The van der Waals surface area contributed by atoms with Crippen molar-refractivity contribution >= 4 is 5.91 Å². The molecule has 1 heterocycles. The third-order valence-electron chi connectivity index (χ3n) is 2.88.